The first-order valence-corrected chi connectivity index (χ1v) is 4.56. The lowest BCUT2D eigenvalue weighted by atomic mass is 10.1. The highest BCUT2D eigenvalue weighted by Gasteiger charge is 2.05. The van der Waals surface area contributed by atoms with Gasteiger partial charge in [0.1, 0.15) is 0 Å². The van der Waals surface area contributed by atoms with Gasteiger partial charge < -0.3 is 5.73 Å². The van der Waals surface area contributed by atoms with Crippen LogP contribution in [0.1, 0.15) is 23.8 Å². The molecule has 0 bridgehead atoms. The van der Waals surface area contributed by atoms with Crippen molar-refractivity contribution in [1.29, 1.82) is 0 Å². The van der Waals surface area contributed by atoms with Crippen molar-refractivity contribution in [2.24, 2.45) is 0 Å². The number of rotatable bonds is 2. The van der Waals surface area contributed by atoms with E-state index in [1.54, 1.807) is 11.3 Å². The number of thiophene rings is 1. The van der Waals surface area contributed by atoms with Crippen LogP contribution < -0.4 is 5.73 Å². The zero-order valence-corrected chi connectivity index (χ0v) is 7.79. The molecule has 0 fully saturated rings. The number of aryl methyl sites for hydroxylation is 1. The maximum Gasteiger partial charge on any atom is 0.0529 e. The van der Waals surface area contributed by atoms with E-state index >= 15 is 0 Å². The molecule has 0 amide bonds. The van der Waals surface area contributed by atoms with E-state index < -0.39 is 0 Å². The normalized spacial score (nSPS) is 10.0. The first-order chi connectivity index (χ1) is 5.16. The molecule has 1 aromatic heterocycles. The topological polar surface area (TPSA) is 26.0 Å². The average molecular weight is 167 g/mol. The molecule has 0 saturated heterocycles. The van der Waals surface area contributed by atoms with Crippen LogP contribution in [0, 0.1) is 6.92 Å². The zero-order chi connectivity index (χ0) is 8.43. The Bertz CT molecular complexity index is 273. The third kappa shape index (κ3) is 1.46. The molecule has 1 heterocycles. The molecule has 0 aliphatic carbocycles. The lowest BCUT2D eigenvalue weighted by molar-refractivity contribution is 1.26. The number of hydrogen-bond acceptors (Lipinski definition) is 2. The minimum absolute atomic E-state index is 0.904. The second kappa shape index (κ2) is 3.09. The summed E-state index contributed by atoms with van der Waals surface area (Å²) in [6, 6.07) is 0. The quantitative estimate of drug-likeness (QED) is 0.719. The van der Waals surface area contributed by atoms with Gasteiger partial charge in [0.25, 0.3) is 0 Å². The van der Waals surface area contributed by atoms with Crippen LogP contribution in [0.25, 0.3) is 5.57 Å². The van der Waals surface area contributed by atoms with Crippen molar-refractivity contribution < 1.29 is 0 Å². The van der Waals surface area contributed by atoms with Crippen LogP contribution >= 0.6 is 11.3 Å². The molecule has 0 aliphatic heterocycles. The number of nitrogens with two attached hydrogens (primary N) is 1. The zero-order valence-electron chi connectivity index (χ0n) is 6.98. The summed E-state index contributed by atoms with van der Waals surface area (Å²) in [5.74, 6) is 0. The highest BCUT2D eigenvalue weighted by atomic mass is 32.1. The van der Waals surface area contributed by atoms with Gasteiger partial charge in [-0.25, -0.2) is 0 Å². The van der Waals surface area contributed by atoms with Crippen LogP contribution in [0.5, 0.6) is 0 Å². The van der Waals surface area contributed by atoms with E-state index in [4.69, 9.17) is 5.73 Å². The van der Waals surface area contributed by atoms with E-state index in [0.717, 1.165) is 22.6 Å². The summed E-state index contributed by atoms with van der Waals surface area (Å²) in [5, 5.41) is 2.07. The van der Waals surface area contributed by atoms with Crippen LogP contribution in [0.15, 0.2) is 12.0 Å². The lowest BCUT2D eigenvalue weighted by Crippen LogP contribution is -1.88. The third-order valence-electron chi connectivity index (χ3n) is 1.77. The molecule has 1 rings (SSSR count). The number of allylic oxidation sites excluding steroid dienone is 1. The second-order valence-electron chi connectivity index (χ2n) is 2.62. The van der Waals surface area contributed by atoms with E-state index in [0.29, 0.717) is 0 Å². The largest absolute Gasteiger partial charge is 0.397 e. The summed E-state index contributed by atoms with van der Waals surface area (Å²) >= 11 is 1.68. The van der Waals surface area contributed by atoms with Crippen LogP contribution in [0.4, 0.5) is 5.69 Å². The van der Waals surface area contributed by atoms with Gasteiger partial charge in [0.15, 0.2) is 0 Å². The standard InChI is InChI=1S/C9H13NS/c1-4-6(2)9-8(10)7(3)5-11-9/h5H,2,4,10H2,1,3H3. The molecule has 0 unspecified atom stereocenters. The minimum atomic E-state index is 0.904. The Morgan fingerprint density at radius 3 is 2.73 bits per heavy atom. The van der Waals surface area contributed by atoms with Gasteiger partial charge in [0, 0.05) is 0 Å². The summed E-state index contributed by atoms with van der Waals surface area (Å²) in [6.45, 7) is 8.07. The maximum absolute atomic E-state index is 5.83. The molecule has 0 radical (unpaired) electrons. The highest BCUT2D eigenvalue weighted by molar-refractivity contribution is 7.11. The number of anilines is 1. The molecule has 1 aromatic rings. The lowest BCUT2D eigenvalue weighted by Gasteiger charge is -1.99. The van der Waals surface area contributed by atoms with Gasteiger partial charge >= 0.3 is 0 Å². The molecule has 2 N–H and O–H groups in total. The van der Waals surface area contributed by atoms with Crippen LogP contribution in [-0.4, -0.2) is 0 Å². The second-order valence-corrected chi connectivity index (χ2v) is 3.50. The van der Waals surface area contributed by atoms with Crippen molar-refractivity contribution in [2.45, 2.75) is 20.3 Å². The van der Waals surface area contributed by atoms with Crippen LogP contribution in [0.2, 0.25) is 0 Å². The summed E-state index contributed by atoms with van der Waals surface area (Å²) in [7, 11) is 0. The molecular formula is C9H13NS. The van der Waals surface area contributed by atoms with Gasteiger partial charge in [-0.15, -0.1) is 11.3 Å². The van der Waals surface area contributed by atoms with E-state index in [-0.39, 0.29) is 0 Å². The molecule has 0 aliphatic rings. The van der Waals surface area contributed by atoms with E-state index in [2.05, 4.69) is 18.9 Å². The molecule has 1 nitrogen and oxygen atoms in total. The molecular weight excluding hydrogens is 154 g/mol. The Balaban J connectivity index is 3.04. The minimum Gasteiger partial charge on any atom is -0.397 e. The Kier molecular flexibility index (Phi) is 2.35. The smallest absolute Gasteiger partial charge is 0.0529 e. The Hall–Kier alpha value is -0.760. The molecule has 0 aromatic carbocycles. The van der Waals surface area contributed by atoms with Crippen molar-refractivity contribution in [1.82, 2.24) is 0 Å². The van der Waals surface area contributed by atoms with Gasteiger partial charge in [-0.3, -0.25) is 0 Å². The van der Waals surface area contributed by atoms with Gasteiger partial charge in [0.05, 0.1) is 10.6 Å². The third-order valence-corrected chi connectivity index (χ3v) is 2.99. The predicted molar refractivity (Wildman–Crippen MR) is 52.8 cm³/mol. The van der Waals surface area contributed by atoms with Crippen molar-refractivity contribution in [3.8, 4) is 0 Å². The Morgan fingerprint density at radius 1 is 1.73 bits per heavy atom. The first-order valence-electron chi connectivity index (χ1n) is 3.68. The van der Waals surface area contributed by atoms with Gasteiger partial charge in [-0.2, -0.15) is 0 Å². The first kappa shape index (κ1) is 8.34. The summed E-state index contributed by atoms with van der Waals surface area (Å²) in [4.78, 5) is 1.16. The van der Waals surface area contributed by atoms with Crippen LogP contribution in [-0.2, 0) is 0 Å². The molecule has 0 saturated carbocycles. The maximum atomic E-state index is 5.83. The average Bonchev–Trinajstić information content (AvgIpc) is 2.32. The van der Waals surface area contributed by atoms with Gasteiger partial charge in [-0.05, 0) is 29.9 Å². The monoisotopic (exact) mass is 167 g/mol. The SMILES string of the molecule is C=C(CC)c1scc(C)c1N. The summed E-state index contributed by atoms with van der Waals surface area (Å²) < 4.78 is 0. The Labute approximate surface area is 71.5 Å². The van der Waals surface area contributed by atoms with Gasteiger partial charge in [0.2, 0.25) is 0 Å². The fourth-order valence-electron chi connectivity index (χ4n) is 0.888. The molecule has 2 heteroatoms. The van der Waals surface area contributed by atoms with E-state index in [1.165, 1.54) is 5.56 Å². The van der Waals surface area contributed by atoms with E-state index in [9.17, 15) is 0 Å². The summed E-state index contributed by atoms with van der Waals surface area (Å²) in [5.41, 5.74) is 9.04. The van der Waals surface area contributed by atoms with Crippen LogP contribution in [0.3, 0.4) is 0 Å². The number of hydrogen-bond donors (Lipinski definition) is 1. The highest BCUT2D eigenvalue weighted by Crippen LogP contribution is 2.31. The van der Waals surface area contributed by atoms with E-state index in [1.807, 2.05) is 6.92 Å². The molecule has 0 atom stereocenters. The van der Waals surface area contributed by atoms with Crippen molar-refractivity contribution in [2.75, 3.05) is 5.73 Å². The number of nitrogen functional groups attached to an aromatic ring is 1. The fraction of sp³-hybridized carbons (Fsp3) is 0.333. The molecule has 60 valence electrons. The molecule has 11 heavy (non-hydrogen) atoms. The predicted octanol–water partition coefficient (Wildman–Crippen LogP) is 3.06. The molecule has 0 spiro atoms. The van der Waals surface area contributed by atoms with Crippen molar-refractivity contribution >= 4 is 22.6 Å². The Morgan fingerprint density at radius 2 is 2.36 bits per heavy atom. The summed E-state index contributed by atoms with van der Waals surface area (Å²) in [6.07, 6.45) is 0.976. The van der Waals surface area contributed by atoms with Crippen molar-refractivity contribution in [3.05, 3.63) is 22.4 Å². The fourth-order valence-corrected chi connectivity index (χ4v) is 1.91. The van der Waals surface area contributed by atoms with Crippen molar-refractivity contribution in [3.63, 3.8) is 0 Å². The van der Waals surface area contributed by atoms with Gasteiger partial charge in [-0.1, -0.05) is 13.5 Å².